The molecule has 0 N–H and O–H groups in total. The van der Waals surface area contributed by atoms with Crippen molar-refractivity contribution in [1.82, 2.24) is 0 Å². The van der Waals surface area contributed by atoms with Gasteiger partial charge in [0.15, 0.2) is 0 Å². The number of rotatable bonds is 10. The van der Waals surface area contributed by atoms with Crippen LogP contribution in [0.25, 0.3) is 0 Å². The summed E-state index contributed by atoms with van der Waals surface area (Å²) in [6.07, 6.45) is 1.05. The number of ketones is 1. The van der Waals surface area contributed by atoms with Crippen molar-refractivity contribution in [3.05, 3.63) is 0 Å². The minimum Gasteiger partial charge on any atom is -0.379 e. The average Bonchev–Trinajstić information content (AvgIpc) is 2.25. The van der Waals surface area contributed by atoms with Gasteiger partial charge in [0.25, 0.3) is 0 Å². The fourth-order valence-electron chi connectivity index (χ4n) is 0.966. The lowest BCUT2D eigenvalue weighted by Gasteiger charge is -2.15. The molecule has 0 fully saturated rings. The average molecular weight is 262 g/mol. The van der Waals surface area contributed by atoms with Crippen LogP contribution in [0.2, 0.25) is 0 Å². The number of ether oxygens (including phenoxy) is 2. The molecule has 0 atom stereocenters. The number of carbonyl (C=O) groups is 1. The zero-order valence-electron chi connectivity index (χ0n) is 11.6. The Labute approximate surface area is 110 Å². The van der Waals surface area contributed by atoms with Crippen LogP contribution in [0.15, 0.2) is 0 Å². The van der Waals surface area contributed by atoms with Crippen molar-refractivity contribution in [2.24, 2.45) is 5.41 Å². The maximum atomic E-state index is 11.6. The molecule has 0 amide bonds. The molecule has 0 aromatic rings. The van der Waals surface area contributed by atoms with Crippen molar-refractivity contribution in [2.75, 3.05) is 37.9 Å². The summed E-state index contributed by atoms with van der Waals surface area (Å²) in [6.45, 7) is 10.8. The Morgan fingerprint density at radius 3 is 2.18 bits per heavy atom. The molecule has 0 aromatic carbocycles. The SMILES string of the molecule is CCCOCCOCCSCC(=O)C(C)(C)C. The predicted octanol–water partition coefficient (Wildman–Crippen LogP) is 2.78. The Hall–Kier alpha value is -0.0600. The molecule has 17 heavy (non-hydrogen) atoms. The quantitative estimate of drug-likeness (QED) is 0.567. The molecule has 0 aliphatic heterocycles. The van der Waals surface area contributed by atoms with E-state index in [1.807, 2.05) is 20.8 Å². The van der Waals surface area contributed by atoms with Gasteiger partial charge in [-0.1, -0.05) is 27.7 Å². The molecule has 4 heteroatoms. The molecule has 0 heterocycles. The molecular formula is C13H26O3S. The minimum atomic E-state index is -0.220. The Kier molecular flexibility index (Phi) is 9.88. The van der Waals surface area contributed by atoms with Crippen LogP contribution in [0.5, 0.6) is 0 Å². The van der Waals surface area contributed by atoms with Crippen LogP contribution < -0.4 is 0 Å². The van der Waals surface area contributed by atoms with E-state index in [4.69, 9.17) is 9.47 Å². The largest absolute Gasteiger partial charge is 0.379 e. The Morgan fingerprint density at radius 2 is 1.65 bits per heavy atom. The van der Waals surface area contributed by atoms with Gasteiger partial charge < -0.3 is 9.47 Å². The van der Waals surface area contributed by atoms with Crippen molar-refractivity contribution in [1.29, 1.82) is 0 Å². The van der Waals surface area contributed by atoms with E-state index in [0.717, 1.165) is 18.8 Å². The highest BCUT2D eigenvalue weighted by molar-refractivity contribution is 7.99. The van der Waals surface area contributed by atoms with E-state index in [9.17, 15) is 4.79 Å². The topological polar surface area (TPSA) is 35.5 Å². The maximum absolute atomic E-state index is 11.6. The predicted molar refractivity (Wildman–Crippen MR) is 73.7 cm³/mol. The van der Waals surface area contributed by atoms with Crippen molar-refractivity contribution >= 4 is 17.5 Å². The lowest BCUT2D eigenvalue weighted by molar-refractivity contribution is -0.123. The van der Waals surface area contributed by atoms with Gasteiger partial charge in [-0.25, -0.2) is 0 Å². The molecule has 102 valence electrons. The molecule has 0 spiro atoms. The van der Waals surface area contributed by atoms with Crippen LogP contribution in [0.3, 0.4) is 0 Å². The fraction of sp³-hybridized carbons (Fsp3) is 0.923. The summed E-state index contributed by atoms with van der Waals surface area (Å²) < 4.78 is 10.7. The van der Waals surface area contributed by atoms with Crippen molar-refractivity contribution in [2.45, 2.75) is 34.1 Å². The molecule has 0 radical (unpaired) electrons. The summed E-state index contributed by atoms with van der Waals surface area (Å²) in [5.41, 5.74) is -0.220. The Balaban J connectivity index is 3.22. The van der Waals surface area contributed by atoms with Crippen LogP contribution in [0.1, 0.15) is 34.1 Å². The lowest BCUT2D eigenvalue weighted by atomic mass is 9.92. The second-order valence-corrected chi connectivity index (χ2v) is 6.06. The van der Waals surface area contributed by atoms with E-state index in [1.54, 1.807) is 11.8 Å². The van der Waals surface area contributed by atoms with Crippen LogP contribution in [0, 0.1) is 5.41 Å². The van der Waals surface area contributed by atoms with Gasteiger partial charge in [-0.05, 0) is 6.42 Å². The van der Waals surface area contributed by atoms with Gasteiger partial charge in [-0.3, -0.25) is 4.79 Å². The fourth-order valence-corrected chi connectivity index (χ4v) is 1.96. The molecule has 0 aliphatic carbocycles. The van der Waals surface area contributed by atoms with Crippen LogP contribution in [-0.4, -0.2) is 43.7 Å². The molecule has 0 rings (SSSR count). The molecule has 0 unspecified atom stereocenters. The van der Waals surface area contributed by atoms with Crippen LogP contribution >= 0.6 is 11.8 Å². The van der Waals surface area contributed by atoms with Gasteiger partial charge in [0, 0.05) is 17.8 Å². The first kappa shape index (κ1) is 16.9. The monoisotopic (exact) mass is 262 g/mol. The summed E-state index contributed by atoms with van der Waals surface area (Å²) in [6, 6.07) is 0. The Bertz CT molecular complexity index is 199. The van der Waals surface area contributed by atoms with Crippen LogP contribution in [-0.2, 0) is 14.3 Å². The lowest BCUT2D eigenvalue weighted by Crippen LogP contribution is -2.22. The summed E-state index contributed by atoms with van der Waals surface area (Å²) in [5.74, 6) is 1.75. The van der Waals surface area contributed by atoms with Crippen LogP contribution in [0.4, 0.5) is 0 Å². The number of hydrogen-bond donors (Lipinski definition) is 0. The number of carbonyl (C=O) groups excluding carboxylic acids is 1. The molecule has 0 saturated carbocycles. The highest BCUT2D eigenvalue weighted by atomic mass is 32.2. The second kappa shape index (κ2) is 9.92. The van der Waals surface area contributed by atoms with Crippen molar-refractivity contribution in [3.8, 4) is 0 Å². The first-order valence-corrected chi connectivity index (χ1v) is 7.40. The van der Waals surface area contributed by atoms with Crippen molar-refractivity contribution < 1.29 is 14.3 Å². The molecule has 0 bridgehead atoms. The molecule has 0 aliphatic rings. The minimum absolute atomic E-state index is 0.220. The van der Waals surface area contributed by atoms with Crippen molar-refractivity contribution in [3.63, 3.8) is 0 Å². The molecule has 0 saturated heterocycles. The first-order chi connectivity index (χ1) is 7.98. The van der Waals surface area contributed by atoms with E-state index >= 15 is 0 Å². The maximum Gasteiger partial charge on any atom is 0.148 e. The standard InChI is InChI=1S/C13H26O3S/c1-5-6-15-7-8-16-9-10-17-11-12(14)13(2,3)4/h5-11H2,1-4H3. The van der Waals surface area contributed by atoms with E-state index in [0.29, 0.717) is 31.4 Å². The van der Waals surface area contributed by atoms with Gasteiger partial charge in [0.05, 0.1) is 25.6 Å². The number of hydrogen-bond acceptors (Lipinski definition) is 4. The summed E-state index contributed by atoms with van der Waals surface area (Å²) in [5, 5.41) is 0. The number of thioether (sulfide) groups is 1. The van der Waals surface area contributed by atoms with Gasteiger partial charge in [-0.15, -0.1) is 0 Å². The zero-order chi connectivity index (χ0) is 13.1. The summed E-state index contributed by atoms with van der Waals surface area (Å²) in [4.78, 5) is 11.6. The van der Waals surface area contributed by atoms with E-state index in [1.165, 1.54) is 0 Å². The number of Topliss-reactive ketones (excluding diaryl/α,β-unsaturated/α-hetero) is 1. The van der Waals surface area contributed by atoms with Gasteiger partial charge in [-0.2, -0.15) is 11.8 Å². The summed E-state index contributed by atoms with van der Waals surface area (Å²) in [7, 11) is 0. The third-order valence-electron chi connectivity index (χ3n) is 2.16. The molecule has 0 aromatic heterocycles. The molecular weight excluding hydrogens is 236 g/mol. The van der Waals surface area contributed by atoms with Gasteiger partial charge in [0.2, 0.25) is 0 Å². The summed E-state index contributed by atoms with van der Waals surface area (Å²) >= 11 is 1.64. The van der Waals surface area contributed by atoms with Gasteiger partial charge in [0.1, 0.15) is 5.78 Å². The molecule has 3 nitrogen and oxygen atoms in total. The van der Waals surface area contributed by atoms with Gasteiger partial charge >= 0.3 is 0 Å². The van der Waals surface area contributed by atoms with E-state index in [-0.39, 0.29) is 5.41 Å². The third-order valence-corrected chi connectivity index (χ3v) is 3.08. The zero-order valence-corrected chi connectivity index (χ0v) is 12.4. The van der Waals surface area contributed by atoms with E-state index < -0.39 is 0 Å². The first-order valence-electron chi connectivity index (χ1n) is 6.25. The second-order valence-electron chi connectivity index (χ2n) is 4.95. The Morgan fingerprint density at radius 1 is 1.06 bits per heavy atom. The van der Waals surface area contributed by atoms with E-state index in [2.05, 4.69) is 6.92 Å². The normalized spacial score (nSPS) is 11.8. The highest BCUT2D eigenvalue weighted by Crippen LogP contribution is 2.17. The highest BCUT2D eigenvalue weighted by Gasteiger charge is 2.20. The third kappa shape index (κ3) is 10.8. The smallest absolute Gasteiger partial charge is 0.148 e.